The summed E-state index contributed by atoms with van der Waals surface area (Å²) >= 11 is 4.94. The zero-order chi connectivity index (χ0) is 14.8. The van der Waals surface area contributed by atoms with Gasteiger partial charge in [-0.25, -0.2) is 0 Å². The monoisotopic (exact) mass is 296 g/mol. The molecule has 0 radical (unpaired) electrons. The summed E-state index contributed by atoms with van der Waals surface area (Å²) in [5.74, 6) is 0.795. The molecule has 3 N–H and O–H groups in total. The van der Waals surface area contributed by atoms with Crippen LogP contribution < -0.4 is 10.5 Å². The van der Waals surface area contributed by atoms with Crippen LogP contribution in [0, 0.1) is 0 Å². The highest BCUT2D eigenvalue weighted by Gasteiger charge is 2.01. The molecule has 0 spiro atoms. The van der Waals surface area contributed by atoms with Gasteiger partial charge in [-0.3, -0.25) is 0 Å². The molecule has 0 fully saturated rings. The van der Waals surface area contributed by atoms with Crippen molar-refractivity contribution >= 4 is 17.2 Å². The fourth-order valence-electron chi connectivity index (χ4n) is 1.84. The van der Waals surface area contributed by atoms with E-state index in [0.29, 0.717) is 11.6 Å². The molecule has 0 aliphatic rings. The molecule has 5 heteroatoms. The van der Waals surface area contributed by atoms with E-state index in [2.05, 4.69) is 11.9 Å². The van der Waals surface area contributed by atoms with Crippen LogP contribution in [-0.2, 0) is 0 Å². The van der Waals surface area contributed by atoms with Crippen LogP contribution in [0.15, 0.2) is 24.3 Å². The summed E-state index contributed by atoms with van der Waals surface area (Å²) in [4.78, 5) is 2.62. The summed E-state index contributed by atoms with van der Waals surface area (Å²) in [5, 5.41) is 8.71. The van der Waals surface area contributed by atoms with Crippen LogP contribution in [0.5, 0.6) is 5.75 Å². The van der Waals surface area contributed by atoms with E-state index in [4.69, 9.17) is 27.8 Å². The second-order valence-corrected chi connectivity index (χ2v) is 5.27. The Kier molecular flexibility index (Phi) is 8.18. The van der Waals surface area contributed by atoms with Crippen molar-refractivity contribution in [2.45, 2.75) is 19.3 Å². The maximum atomic E-state index is 8.71. The zero-order valence-corrected chi connectivity index (χ0v) is 12.9. The number of unbranched alkanes of at least 4 members (excludes halogenated alkanes) is 2. The lowest BCUT2D eigenvalue weighted by Gasteiger charge is -2.17. The van der Waals surface area contributed by atoms with Crippen LogP contribution >= 0.6 is 12.2 Å². The zero-order valence-electron chi connectivity index (χ0n) is 12.0. The van der Waals surface area contributed by atoms with Gasteiger partial charge in [0.1, 0.15) is 17.3 Å². The molecule has 0 heterocycles. The number of benzene rings is 1. The lowest BCUT2D eigenvalue weighted by atomic mass is 10.2. The number of aliphatic hydroxyl groups excluding tert-OH is 1. The highest BCUT2D eigenvalue weighted by molar-refractivity contribution is 7.80. The van der Waals surface area contributed by atoms with Crippen molar-refractivity contribution in [3.63, 3.8) is 0 Å². The van der Waals surface area contributed by atoms with Crippen molar-refractivity contribution in [3.8, 4) is 5.75 Å². The first-order valence-corrected chi connectivity index (χ1v) is 7.36. The first-order valence-electron chi connectivity index (χ1n) is 6.95. The summed E-state index contributed by atoms with van der Waals surface area (Å²) in [6.45, 7) is 2.82. The summed E-state index contributed by atoms with van der Waals surface area (Å²) in [6, 6.07) is 7.54. The predicted molar refractivity (Wildman–Crippen MR) is 86.3 cm³/mol. The minimum absolute atomic E-state index is 0.284. The van der Waals surface area contributed by atoms with Crippen LogP contribution in [0.3, 0.4) is 0 Å². The number of hydrogen-bond donors (Lipinski definition) is 2. The number of ether oxygens (including phenoxy) is 1. The second kappa shape index (κ2) is 9.69. The standard InChI is InChI=1S/C15H24N2O2S/c1-17(8-3-2-4-10-18)9-11-19-14-7-5-6-13(12-14)15(16)20/h5-7,12,18H,2-4,8-11H2,1H3,(H2,16,20). The van der Waals surface area contributed by atoms with Gasteiger partial charge in [0.25, 0.3) is 0 Å². The van der Waals surface area contributed by atoms with Crippen molar-refractivity contribution in [1.82, 2.24) is 4.90 Å². The van der Waals surface area contributed by atoms with Crippen molar-refractivity contribution in [2.24, 2.45) is 5.73 Å². The third-order valence-electron chi connectivity index (χ3n) is 3.06. The fourth-order valence-corrected chi connectivity index (χ4v) is 1.97. The van der Waals surface area contributed by atoms with E-state index in [1.54, 1.807) is 0 Å². The van der Waals surface area contributed by atoms with Gasteiger partial charge < -0.3 is 20.5 Å². The van der Waals surface area contributed by atoms with Crippen LogP contribution in [0.2, 0.25) is 0 Å². The minimum Gasteiger partial charge on any atom is -0.492 e. The number of rotatable bonds is 10. The Labute approximate surface area is 126 Å². The van der Waals surface area contributed by atoms with Crippen molar-refractivity contribution < 1.29 is 9.84 Å². The predicted octanol–water partition coefficient (Wildman–Crippen LogP) is 1.79. The smallest absolute Gasteiger partial charge is 0.120 e. The Morgan fingerprint density at radius 2 is 2.10 bits per heavy atom. The van der Waals surface area contributed by atoms with E-state index < -0.39 is 0 Å². The SMILES string of the molecule is CN(CCCCCO)CCOc1cccc(C(N)=S)c1. The van der Waals surface area contributed by atoms with Crippen LogP contribution in [0.25, 0.3) is 0 Å². The van der Waals surface area contributed by atoms with Gasteiger partial charge in [-0.1, -0.05) is 24.4 Å². The first-order chi connectivity index (χ1) is 9.63. The lowest BCUT2D eigenvalue weighted by molar-refractivity contribution is 0.230. The third-order valence-corrected chi connectivity index (χ3v) is 3.29. The molecule has 0 aliphatic heterocycles. The van der Waals surface area contributed by atoms with Crippen LogP contribution in [0.4, 0.5) is 0 Å². The highest BCUT2D eigenvalue weighted by Crippen LogP contribution is 2.13. The first kappa shape index (κ1) is 16.9. The molecular formula is C15H24N2O2S. The number of nitrogens with zero attached hydrogens (tertiary/aromatic N) is 1. The molecule has 1 aromatic rings. The molecule has 20 heavy (non-hydrogen) atoms. The maximum Gasteiger partial charge on any atom is 0.120 e. The summed E-state index contributed by atoms with van der Waals surface area (Å²) < 4.78 is 5.70. The molecule has 0 aromatic heterocycles. The molecule has 1 rings (SSSR count). The van der Waals surface area contributed by atoms with Crippen LogP contribution in [-0.4, -0.2) is 48.3 Å². The molecule has 0 amide bonds. The van der Waals surface area contributed by atoms with E-state index >= 15 is 0 Å². The van der Waals surface area contributed by atoms with E-state index in [9.17, 15) is 0 Å². The second-order valence-electron chi connectivity index (χ2n) is 4.83. The Morgan fingerprint density at radius 1 is 1.30 bits per heavy atom. The number of thiocarbonyl (C=S) groups is 1. The maximum absolute atomic E-state index is 8.71. The van der Waals surface area contributed by atoms with E-state index in [1.165, 1.54) is 0 Å². The van der Waals surface area contributed by atoms with Gasteiger partial charge in [-0.15, -0.1) is 0 Å². The van der Waals surface area contributed by atoms with Gasteiger partial charge in [-0.05, 0) is 45.0 Å². The number of hydrogen-bond acceptors (Lipinski definition) is 4. The largest absolute Gasteiger partial charge is 0.492 e. The molecular weight excluding hydrogens is 272 g/mol. The normalized spacial score (nSPS) is 10.8. The lowest BCUT2D eigenvalue weighted by Crippen LogP contribution is -2.25. The summed E-state index contributed by atoms with van der Waals surface area (Å²) in [5.41, 5.74) is 6.42. The molecule has 0 aliphatic carbocycles. The summed E-state index contributed by atoms with van der Waals surface area (Å²) in [7, 11) is 2.08. The fraction of sp³-hybridized carbons (Fsp3) is 0.533. The van der Waals surface area contributed by atoms with Crippen molar-refractivity contribution in [1.29, 1.82) is 0 Å². The number of nitrogens with two attached hydrogens (primary N) is 1. The van der Waals surface area contributed by atoms with Gasteiger partial charge in [0.05, 0.1) is 0 Å². The minimum atomic E-state index is 0.284. The molecule has 4 nitrogen and oxygen atoms in total. The third kappa shape index (κ3) is 6.84. The molecule has 0 saturated carbocycles. The molecule has 0 atom stereocenters. The number of likely N-dealkylation sites (N-methyl/N-ethyl adjacent to an activating group) is 1. The molecule has 0 bridgehead atoms. The van der Waals surface area contributed by atoms with Gasteiger partial charge in [0, 0.05) is 18.7 Å². The van der Waals surface area contributed by atoms with Crippen molar-refractivity contribution in [3.05, 3.63) is 29.8 Å². The highest BCUT2D eigenvalue weighted by atomic mass is 32.1. The average molecular weight is 296 g/mol. The molecule has 0 unspecified atom stereocenters. The van der Waals surface area contributed by atoms with E-state index in [0.717, 1.165) is 43.7 Å². The average Bonchev–Trinajstić information content (AvgIpc) is 2.44. The van der Waals surface area contributed by atoms with E-state index in [-0.39, 0.29) is 6.61 Å². The molecule has 112 valence electrons. The quantitative estimate of drug-likeness (QED) is 0.509. The van der Waals surface area contributed by atoms with Crippen LogP contribution in [0.1, 0.15) is 24.8 Å². The van der Waals surface area contributed by atoms with Gasteiger partial charge >= 0.3 is 0 Å². The van der Waals surface area contributed by atoms with Gasteiger partial charge in [0.2, 0.25) is 0 Å². The molecule has 1 aromatic carbocycles. The van der Waals surface area contributed by atoms with Gasteiger partial charge in [-0.2, -0.15) is 0 Å². The van der Waals surface area contributed by atoms with Gasteiger partial charge in [0.15, 0.2) is 0 Å². The Hall–Kier alpha value is -1.17. The Bertz CT molecular complexity index is 413. The Balaban J connectivity index is 2.23. The topological polar surface area (TPSA) is 58.7 Å². The Morgan fingerprint density at radius 3 is 2.80 bits per heavy atom. The van der Waals surface area contributed by atoms with E-state index in [1.807, 2.05) is 24.3 Å². The summed E-state index contributed by atoms with van der Waals surface area (Å²) in [6.07, 6.45) is 3.06. The molecule has 0 saturated heterocycles. The number of aliphatic hydroxyl groups is 1. The van der Waals surface area contributed by atoms with Crippen molar-refractivity contribution in [2.75, 3.05) is 33.4 Å².